The Labute approximate surface area is 116 Å². The van der Waals surface area contributed by atoms with E-state index in [9.17, 15) is 0 Å². The van der Waals surface area contributed by atoms with E-state index in [0.717, 1.165) is 39.3 Å². The molecular formula is C14H27N5. The minimum atomic E-state index is 0.575. The SMILES string of the molecule is CCCC(CN)N1CCN(Cc2cnn(C)c2)CC1. The monoisotopic (exact) mass is 265 g/mol. The van der Waals surface area contributed by atoms with Crippen molar-refractivity contribution in [3.63, 3.8) is 0 Å². The van der Waals surface area contributed by atoms with E-state index in [1.807, 2.05) is 17.9 Å². The Bertz CT molecular complexity index is 368. The molecule has 5 nitrogen and oxygen atoms in total. The van der Waals surface area contributed by atoms with Gasteiger partial charge in [0.1, 0.15) is 0 Å². The summed E-state index contributed by atoms with van der Waals surface area (Å²) in [5, 5.41) is 4.23. The molecule has 2 rings (SSSR count). The van der Waals surface area contributed by atoms with E-state index in [1.54, 1.807) is 0 Å². The number of aryl methyl sites for hydroxylation is 1. The second kappa shape index (κ2) is 7.03. The smallest absolute Gasteiger partial charge is 0.0534 e. The highest BCUT2D eigenvalue weighted by Crippen LogP contribution is 2.12. The summed E-state index contributed by atoms with van der Waals surface area (Å²) in [7, 11) is 1.97. The predicted molar refractivity (Wildman–Crippen MR) is 77.8 cm³/mol. The summed E-state index contributed by atoms with van der Waals surface area (Å²) in [5.74, 6) is 0. The van der Waals surface area contributed by atoms with Crippen molar-refractivity contribution in [3.05, 3.63) is 18.0 Å². The molecule has 0 amide bonds. The molecule has 1 unspecified atom stereocenters. The van der Waals surface area contributed by atoms with Crippen LogP contribution in [0.25, 0.3) is 0 Å². The van der Waals surface area contributed by atoms with Gasteiger partial charge in [0.2, 0.25) is 0 Å². The van der Waals surface area contributed by atoms with Crippen LogP contribution in [0, 0.1) is 0 Å². The van der Waals surface area contributed by atoms with E-state index in [0.29, 0.717) is 6.04 Å². The van der Waals surface area contributed by atoms with Crippen LogP contribution in [0.2, 0.25) is 0 Å². The third-order valence-electron chi connectivity index (χ3n) is 3.98. The lowest BCUT2D eigenvalue weighted by molar-refractivity contribution is 0.0905. The summed E-state index contributed by atoms with van der Waals surface area (Å²) in [4.78, 5) is 5.07. The number of rotatable bonds is 6. The molecule has 0 aliphatic carbocycles. The predicted octanol–water partition coefficient (Wildman–Crippen LogP) is 0.665. The molecule has 0 saturated carbocycles. The van der Waals surface area contributed by atoms with Crippen LogP contribution in [0.1, 0.15) is 25.3 Å². The van der Waals surface area contributed by atoms with Gasteiger partial charge in [-0.15, -0.1) is 0 Å². The minimum absolute atomic E-state index is 0.575. The van der Waals surface area contributed by atoms with Crippen molar-refractivity contribution < 1.29 is 0 Å². The highest BCUT2D eigenvalue weighted by atomic mass is 15.3. The number of piperazine rings is 1. The van der Waals surface area contributed by atoms with Crippen molar-refractivity contribution in [2.75, 3.05) is 32.7 Å². The van der Waals surface area contributed by atoms with Gasteiger partial charge in [0.25, 0.3) is 0 Å². The van der Waals surface area contributed by atoms with Gasteiger partial charge in [0.05, 0.1) is 6.20 Å². The molecule has 1 aromatic rings. The fraction of sp³-hybridized carbons (Fsp3) is 0.786. The molecule has 2 N–H and O–H groups in total. The Morgan fingerprint density at radius 1 is 1.32 bits per heavy atom. The summed E-state index contributed by atoms with van der Waals surface area (Å²) in [6.07, 6.45) is 6.51. The second-order valence-electron chi connectivity index (χ2n) is 5.51. The molecule has 0 spiro atoms. The van der Waals surface area contributed by atoms with Gasteiger partial charge < -0.3 is 5.73 Å². The Morgan fingerprint density at radius 2 is 2.05 bits per heavy atom. The summed E-state index contributed by atoms with van der Waals surface area (Å²) in [6.45, 7) is 8.59. The van der Waals surface area contributed by atoms with Gasteiger partial charge in [0, 0.05) is 64.1 Å². The average molecular weight is 265 g/mol. The molecule has 1 aromatic heterocycles. The molecule has 1 fully saturated rings. The maximum Gasteiger partial charge on any atom is 0.0534 e. The maximum atomic E-state index is 5.88. The molecule has 5 heteroatoms. The van der Waals surface area contributed by atoms with E-state index in [1.165, 1.54) is 18.4 Å². The van der Waals surface area contributed by atoms with Crippen LogP contribution in [0.3, 0.4) is 0 Å². The molecule has 108 valence electrons. The first-order valence-corrected chi connectivity index (χ1v) is 7.37. The molecule has 19 heavy (non-hydrogen) atoms. The van der Waals surface area contributed by atoms with E-state index < -0.39 is 0 Å². The van der Waals surface area contributed by atoms with E-state index in [2.05, 4.69) is 28.0 Å². The van der Waals surface area contributed by atoms with Crippen LogP contribution in [0.4, 0.5) is 0 Å². The Balaban J connectivity index is 1.78. The zero-order chi connectivity index (χ0) is 13.7. The van der Waals surface area contributed by atoms with Crippen molar-refractivity contribution in [1.29, 1.82) is 0 Å². The average Bonchev–Trinajstić information content (AvgIpc) is 2.82. The zero-order valence-electron chi connectivity index (χ0n) is 12.3. The van der Waals surface area contributed by atoms with Gasteiger partial charge in [0.15, 0.2) is 0 Å². The number of aromatic nitrogens is 2. The highest BCUT2D eigenvalue weighted by Gasteiger charge is 2.22. The summed E-state index contributed by atoms with van der Waals surface area (Å²) < 4.78 is 1.87. The Hall–Kier alpha value is -0.910. The first-order valence-electron chi connectivity index (χ1n) is 7.37. The van der Waals surface area contributed by atoms with Crippen LogP contribution in [0.15, 0.2) is 12.4 Å². The second-order valence-corrected chi connectivity index (χ2v) is 5.51. The largest absolute Gasteiger partial charge is 0.329 e. The van der Waals surface area contributed by atoms with E-state index in [-0.39, 0.29) is 0 Å². The summed E-state index contributed by atoms with van der Waals surface area (Å²) >= 11 is 0. The third-order valence-corrected chi connectivity index (χ3v) is 3.98. The Kier molecular flexibility index (Phi) is 5.36. The van der Waals surface area contributed by atoms with Crippen LogP contribution >= 0.6 is 0 Å². The number of hydrogen-bond acceptors (Lipinski definition) is 4. The molecule has 2 heterocycles. The lowest BCUT2D eigenvalue weighted by Crippen LogP contribution is -2.51. The summed E-state index contributed by atoms with van der Waals surface area (Å²) in [6, 6.07) is 0.575. The lowest BCUT2D eigenvalue weighted by atomic mass is 10.1. The normalized spacial score (nSPS) is 19.7. The molecular weight excluding hydrogens is 238 g/mol. The van der Waals surface area contributed by atoms with Crippen molar-refractivity contribution in [2.24, 2.45) is 12.8 Å². The molecule has 1 saturated heterocycles. The maximum absolute atomic E-state index is 5.88. The Morgan fingerprint density at radius 3 is 2.58 bits per heavy atom. The first kappa shape index (κ1) is 14.5. The topological polar surface area (TPSA) is 50.3 Å². The number of nitrogens with zero attached hydrogens (tertiary/aromatic N) is 4. The van der Waals surface area contributed by atoms with Crippen LogP contribution in [-0.2, 0) is 13.6 Å². The van der Waals surface area contributed by atoms with Crippen molar-refractivity contribution in [3.8, 4) is 0 Å². The van der Waals surface area contributed by atoms with Gasteiger partial charge in [-0.3, -0.25) is 14.5 Å². The van der Waals surface area contributed by atoms with Gasteiger partial charge in [-0.25, -0.2) is 0 Å². The molecule has 0 radical (unpaired) electrons. The zero-order valence-corrected chi connectivity index (χ0v) is 12.3. The molecule has 1 aliphatic rings. The number of nitrogens with two attached hydrogens (primary N) is 1. The minimum Gasteiger partial charge on any atom is -0.329 e. The molecule has 0 bridgehead atoms. The lowest BCUT2D eigenvalue weighted by Gasteiger charge is -2.38. The van der Waals surface area contributed by atoms with Gasteiger partial charge in [-0.1, -0.05) is 13.3 Å². The molecule has 1 atom stereocenters. The van der Waals surface area contributed by atoms with Crippen molar-refractivity contribution in [2.45, 2.75) is 32.4 Å². The van der Waals surface area contributed by atoms with E-state index in [4.69, 9.17) is 5.73 Å². The molecule has 0 aromatic carbocycles. The van der Waals surface area contributed by atoms with Gasteiger partial charge >= 0.3 is 0 Å². The van der Waals surface area contributed by atoms with Crippen LogP contribution in [-0.4, -0.2) is 58.3 Å². The third kappa shape index (κ3) is 4.03. The standard InChI is InChI=1S/C14H27N5/c1-3-4-14(9-15)19-7-5-18(6-8-19)12-13-10-16-17(2)11-13/h10-11,14H,3-9,12,15H2,1-2H3. The van der Waals surface area contributed by atoms with Crippen molar-refractivity contribution >= 4 is 0 Å². The highest BCUT2D eigenvalue weighted by molar-refractivity contribution is 5.03. The fourth-order valence-electron chi connectivity index (χ4n) is 2.88. The van der Waals surface area contributed by atoms with Crippen molar-refractivity contribution in [1.82, 2.24) is 19.6 Å². The van der Waals surface area contributed by atoms with Gasteiger partial charge in [-0.05, 0) is 6.42 Å². The van der Waals surface area contributed by atoms with Crippen LogP contribution < -0.4 is 5.73 Å². The quantitative estimate of drug-likeness (QED) is 0.821. The summed E-state index contributed by atoms with van der Waals surface area (Å²) in [5.41, 5.74) is 7.19. The number of hydrogen-bond donors (Lipinski definition) is 1. The van der Waals surface area contributed by atoms with Crippen LogP contribution in [0.5, 0.6) is 0 Å². The van der Waals surface area contributed by atoms with E-state index >= 15 is 0 Å². The first-order chi connectivity index (χ1) is 9.22. The van der Waals surface area contributed by atoms with Gasteiger partial charge in [-0.2, -0.15) is 5.10 Å². The fourth-order valence-corrected chi connectivity index (χ4v) is 2.88. The molecule has 1 aliphatic heterocycles.